The van der Waals surface area contributed by atoms with Gasteiger partial charge in [0.2, 0.25) is 0 Å². The van der Waals surface area contributed by atoms with Crippen LogP contribution < -0.4 is 0 Å². The third-order valence-corrected chi connectivity index (χ3v) is 5.43. The van der Waals surface area contributed by atoms with E-state index in [0.29, 0.717) is 11.1 Å². The fourth-order valence-electron chi connectivity index (χ4n) is 4.09. The van der Waals surface area contributed by atoms with Gasteiger partial charge in [-0.05, 0) is 42.5 Å². The summed E-state index contributed by atoms with van der Waals surface area (Å²) in [4.78, 5) is 15.1. The molecule has 2 aromatic carbocycles. The average molecular weight is 405 g/mol. The van der Waals surface area contributed by atoms with Crippen molar-refractivity contribution in [3.8, 4) is 0 Å². The molecule has 1 heterocycles. The number of benzene rings is 2. The maximum Gasteiger partial charge on any atom is 0.411 e. The Morgan fingerprint density at radius 3 is 2.45 bits per heavy atom. The van der Waals surface area contributed by atoms with E-state index >= 15 is 0 Å². The van der Waals surface area contributed by atoms with Crippen LogP contribution in [-0.2, 0) is 11.3 Å². The Morgan fingerprint density at radius 1 is 1.14 bits per heavy atom. The lowest BCUT2D eigenvalue weighted by atomic mass is 9.87. The summed E-state index contributed by atoms with van der Waals surface area (Å²) in [5, 5.41) is 0. The van der Waals surface area contributed by atoms with Crippen molar-refractivity contribution in [3.05, 3.63) is 71.3 Å². The van der Waals surface area contributed by atoms with E-state index in [2.05, 4.69) is 23.8 Å². The topological polar surface area (TPSA) is 29.5 Å². The van der Waals surface area contributed by atoms with Gasteiger partial charge in [0.15, 0.2) is 0 Å². The Morgan fingerprint density at radius 2 is 1.83 bits per heavy atom. The number of rotatable bonds is 7. The van der Waals surface area contributed by atoms with Crippen LogP contribution in [0.2, 0.25) is 0 Å². The molecule has 0 unspecified atom stereocenters. The highest BCUT2D eigenvalue weighted by Crippen LogP contribution is 2.34. The number of hydrogen-bond acceptors (Lipinski definition) is 2. The molecule has 29 heavy (non-hydrogen) atoms. The molecular formula is C23H26F3NO2. The van der Waals surface area contributed by atoms with Crippen molar-refractivity contribution >= 4 is 5.91 Å². The number of likely N-dealkylation sites (tertiary alicyclic amines) is 1. The zero-order valence-electron chi connectivity index (χ0n) is 16.5. The van der Waals surface area contributed by atoms with Gasteiger partial charge in [0, 0.05) is 24.1 Å². The standard InChI is InChI=1S/C23H26F3NO2/c1-2-20(18-7-4-3-5-8-18)21-9-6-14-27(21)22(28)19-12-10-17(11-13-19)15-29-16-23(24,25)26/h3-5,7-8,10-13,20-21H,2,6,9,14-16H2,1H3/t20-,21-/m0/s1. The molecule has 0 bridgehead atoms. The van der Waals surface area contributed by atoms with E-state index < -0.39 is 12.8 Å². The number of halogens is 3. The molecule has 1 saturated heterocycles. The highest BCUT2D eigenvalue weighted by atomic mass is 19.4. The summed E-state index contributed by atoms with van der Waals surface area (Å²) >= 11 is 0. The maximum absolute atomic E-state index is 13.1. The minimum atomic E-state index is -4.34. The van der Waals surface area contributed by atoms with E-state index in [1.807, 2.05) is 23.1 Å². The van der Waals surface area contributed by atoms with E-state index in [9.17, 15) is 18.0 Å². The zero-order chi connectivity index (χ0) is 20.9. The number of alkyl halides is 3. The minimum Gasteiger partial charge on any atom is -0.367 e. The summed E-state index contributed by atoms with van der Waals surface area (Å²) in [5.41, 5.74) is 2.41. The minimum absolute atomic E-state index is 0.0235. The Kier molecular flexibility index (Phi) is 6.96. The summed E-state index contributed by atoms with van der Waals surface area (Å²) in [6, 6.07) is 17.1. The summed E-state index contributed by atoms with van der Waals surface area (Å²) < 4.78 is 41.2. The number of carbonyl (C=O) groups is 1. The molecule has 0 saturated carbocycles. The number of amides is 1. The molecule has 2 aromatic rings. The molecule has 3 rings (SSSR count). The van der Waals surface area contributed by atoms with Crippen molar-refractivity contribution in [2.75, 3.05) is 13.2 Å². The number of ether oxygens (including phenoxy) is 1. The first kappa shape index (κ1) is 21.4. The van der Waals surface area contributed by atoms with Gasteiger partial charge >= 0.3 is 6.18 Å². The van der Waals surface area contributed by atoms with Gasteiger partial charge in [-0.3, -0.25) is 4.79 Å². The van der Waals surface area contributed by atoms with Gasteiger partial charge in [0.05, 0.1) is 6.61 Å². The van der Waals surface area contributed by atoms with Gasteiger partial charge < -0.3 is 9.64 Å². The van der Waals surface area contributed by atoms with E-state index in [-0.39, 0.29) is 24.5 Å². The molecule has 0 aromatic heterocycles. The fraction of sp³-hybridized carbons (Fsp3) is 0.435. The second kappa shape index (κ2) is 9.44. The van der Waals surface area contributed by atoms with Gasteiger partial charge in [-0.1, -0.05) is 49.4 Å². The molecule has 2 atom stereocenters. The molecule has 1 amide bonds. The average Bonchev–Trinajstić information content (AvgIpc) is 3.18. The van der Waals surface area contributed by atoms with Crippen LogP contribution in [0.25, 0.3) is 0 Å². The van der Waals surface area contributed by atoms with Crippen molar-refractivity contribution in [1.29, 1.82) is 0 Å². The van der Waals surface area contributed by atoms with Crippen LogP contribution in [0.5, 0.6) is 0 Å². The van der Waals surface area contributed by atoms with Crippen molar-refractivity contribution in [1.82, 2.24) is 4.90 Å². The van der Waals surface area contributed by atoms with Crippen LogP contribution in [0.3, 0.4) is 0 Å². The quantitative estimate of drug-likeness (QED) is 0.603. The van der Waals surface area contributed by atoms with Crippen LogP contribution >= 0.6 is 0 Å². The van der Waals surface area contributed by atoms with Gasteiger partial charge in [0.25, 0.3) is 5.91 Å². The normalized spacial score (nSPS) is 18.1. The molecule has 0 aliphatic carbocycles. The van der Waals surface area contributed by atoms with Crippen LogP contribution in [0.4, 0.5) is 13.2 Å². The molecule has 0 radical (unpaired) electrons. The summed E-state index contributed by atoms with van der Waals surface area (Å²) in [5.74, 6) is 0.266. The van der Waals surface area contributed by atoms with Crippen LogP contribution in [0, 0.1) is 0 Å². The lowest BCUT2D eigenvalue weighted by molar-refractivity contribution is -0.176. The van der Waals surface area contributed by atoms with Gasteiger partial charge in [0.1, 0.15) is 6.61 Å². The summed E-state index contributed by atoms with van der Waals surface area (Å²) in [6.07, 6.45) is -1.44. The molecule has 6 heteroatoms. The molecule has 1 fully saturated rings. The Bertz CT molecular complexity index is 790. The number of nitrogens with zero attached hydrogens (tertiary/aromatic N) is 1. The van der Waals surface area contributed by atoms with Crippen LogP contribution in [0.15, 0.2) is 54.6 Å². The second-order valence-electron chi connectivity index (χ2n) is 7.44. The Balaban J connectivity index is 1.67. The largest absolute Gasteiger partial charge is 0.411 e. The van der Waals surface area contributed by atoms with Gasteiger partial charge in [-0.2, -0.15) is 13.2 Å². The van der Waals surface area contributed by atoms with E-state index in [1.165, 1.54) is 5.56 Å². The molecular weight excluding hydrogens is 379 g/mol. The smallest absolute Gasteiger partial charge is 0.367 e. The lowest BCUT2D eigenvalue weighted by Crippen LogP contribution is -2.39. The molecule has 1 aliphatic rings. The second-order valence-corrected chi connectivity index (χ2v) is 7.44. The highest BCUT2D eigenvalue weighted by Gasteiger charge is 2.35. The fourth-order valence-corrected chi connectivity index (χ4v) is 4.09. The number of carbonyl (C=O) groups excluding carboxylic acids is 1. The Labute approximate surface area is 169 Å². The van der Waals surface area contributed by atoms with Crippen molar-refractivity contribution in [3.63, 3.8) is 0 Å². The highest BCUT2D eigenvalue weighted by molar-refractivity contribution is 5.94. The van der Waals surface area contributed by atoms with E-state index in [0.717, 1.165) is 25.8 Å². The van der Waals surface area contributed by atoms with Crippen molar-refractivity contribution in [2.45, 2.75) is 50.9 Å². The first-order valence-corrected chi connectivity index (χ1v) is 9.98. The first-order valence-electron chi connectivity index (χ1n) is 9.98. The summed E-state index contributed by atoms with van der Waals surface area (Å²) in [7, 11) is 0. The molecule has 0 N–H and O–H groups in total. The zero-order valence-corrected chi connectivity index (χ0v) is 16.5. The van der Waals surface area contributed by atoms with Gasteiger partial charge in [-0.25, -0.2) is 0 Å². The van der Waals surface area contributed by atoms with Gasteiger partial charge in [-0.15, -0.1) is 0 Å². The van der Waals surface area contributed by atoms with Crippen molar-refractivity contribution < 1.29 is 22.7 Å². The van der Waals surface area contributed by atoms with Crippen molar-refractivity contribution in [2.24, 2.45) is 0 Å². The molecule has 3 nitrogen and oxygen atoms in total. The predicted octanol–water partition coefficient (Wildman–Crippen LogP) is 5.56. The van der Waals surface area contributed by atoms with Crippen LogP contribution in [0.1, 0.15) is 53.6 Å². The molecule has 1 aliphatic heterocycles. The van der Waals surface area contributed by atoms with E-state index in [4.69, 9.17) is 0 Å². The molecule has 0 spiro atoms. The Hall–Kier alpha value is -2.34. The summed E-state index contributed by atoms with van der Waals surface area (Å²) in [6.45, 7) is 1.46. The third-order valence-electron chi connectivity index (χ3n) is 5.43. The predicted molar refractivity (Wildman–Crippen MR) is 106 cm³/mol. The maximum atomic E-state index is 13.1. The SMILES string of the molecule is CC[C@@H](c1ccccc1)[C@@H]1CCCN1C(=O)c1ccc(COCC(F)(F)F)cc1. The van der Waals surface area contributed by atoms with E-state index in [1.54, 1.807) is 24.3 Å². The number of hydrogen-bond donors (Lipinski definition) is 0. The monoisotopic (exact) mass is 405 g/mol. The lowest BCUT2D eigenvalue weighted by Gasteiger charge is -2.32. The van der Waals surface area contributed by atoms with Crippen LogP contribution in [-0.4, -0.2) is 36.2 Å². The third kappa shape index (κ3) is 5.60. The molecule has 156 valence electrons. The first-order chi connectivity index (χ1) is 13.9.